The van der Waals surface area contributed by atoms with Crippen molar-refractivity contribution in [1.82, 2.24) is 5.32 Å². The third-order valence-electron chi connectivity index (χ3n) is 2.53. The molecule has 0 fully saturated rings. The van der Waals surface area contributed by atoms with Crippen molar-refractivity contribution in [2.75, 3.05) is 0 Å². The smallest absolute Gasteiger partial charge is 0.326 e. The number of aliphatic carboxylic acids is 2. The Morgan fingerprint density at radius 2 is 1.67 bits per heavy atom. The summed E-state index contributed by atoms with van der Waals surface area (Å²) < 4.78 is 0. The summed E-state index contributed by atoms with van der Waals surface area (Å²) >= 11 is 0. The van der Waals surface area contributed by atoms with Crippen LogP contribution in [0.2, 0.25) is 0 Å². The van der Waals surface area contributed by atoms with Gasteiger partial charge in [0.1, 0.15) is 6.04 Å². The molecule has 1 amide bonds. The van der Waals surface area contributed by atoms with E-state index in [4.69, 9.17) is 15.9 Å². The van der Waals surface area contributed by atoms with E-state index in [1.165, 1.54) is 0 Å². The molecular weight excluding hydrogens is 240 g/mol. The molecule has 0 saturated heterocycles. The van der Waals surface area contributed by atoms with E-state index in [0.717, 1.165) is 0 Å². The van der Waals surface area contributed by atoms with E-state index in [2.05, 4.69) is 5.32 Å². The number of nitrogens with one attached hydrogen (secondary N) is 1. The van der Waals surface area contributed by atoms with Gasteiger partial charge in [0.05, 0.1) is 6.42 Å². The zero-order chi connectivity index (χ0) is 14.5. The molecule has 104 valence electrons. The van der Waals surface area contributed by atoms with Crippen molar-refractivity contribution in [3.8, 4) is 0 Å². The van der Waals surface area contributed by atoms with Crippen molar-refractivity contribution < 1.29 is 24.6 Å². The zero-order valence-corrected chi connectivity index (χ0v) is 10.8. The minimum absolute atomic E-state index is 0.0487. The summed E-state index contributed by atoms with van der Waals surface area (Å²) in [6.07, 6.45) is -0.710. The summed E-state index contributed by atoms with van der Waals surface area (Å²) in [5.41, 5.74) is 5.49. The van der Waals surface area contributed by atoms with Crippen molar-refractivity contribution in [3.05, 3.63) is 0 Å². The van der Waals surface area contributed by atoms with Crippen LogP contribution in [0, 0.1) is 5.41 Å². The molecule has 0 aliphatic carbocycles. The normalized spacial score (nSPS) is 14.7. The molecular formula is C11H20N2O5. The largest absolute Gasteiger partial charge is 0.481 e. The molecule has 7 nitrogen and oxygen atoms in total. The van der Waals surface area contributed by atoms with Gasteiger partial charge in [0.25, 0.3) is 0 Å². The molecule has 2 unspecified atom stereocenters. The predicted octanol–water partition coefficient (Wildman–Crippen LogP) is -0.206. The SMILES string of the molecule is CC(C)(C)C(N)CC(=O)NC(CC(=O)O)C(=O)O. The number of hydrogen-bond acceptors (Lipinski definition) is 4. The molecule has 0 radical (unpaired) electrons. The number of amides is 1. The number of hydrogen-bond donors (Lipinski definition) is 4. The predicted molar refractivity (Wildman–Crippen MR) is 63.9 cm³/mol. The van der Waals surface area contributed by atoms with Crippen molar-refractivity contribution in [2.24, 2.45) is 11.1 Å². The van der Waals surface area contributed by atoms with E-state index in [-0.39, 0.29) is 11.8 Å². The number of carbonyl (C=O) groups excluding carboxylic acids is 1. The molecule has 7 heteroatoms. The summed E-state index contributed by atoms with van der Waals surface area (Å²) in [4.78, 5) is 32.7. The highest BCUT2D eigenvalue weighted by atomic mass is 16.4. The van der Waals surface area contributed by atoms with Gasteiger partial charge < -0.3 is 21.3 Å². The van der Waals surface area contributed by atoms with Gasteiger partial charge in [0.15, 0.2) is 0 Å². The Hall–Kier alpha value is -1.63. The van der Waals surface area contributed by atoms with E-state index in [9.17, 15) is 14.4 Å². The molecule has 0 aliphatic heterocycles. The first-order valence-electron chi connectivity index (χ1n) is 5.53. The monoisotopic (exact) mass is 260 g/mol. The molecule has 0 bridgehead atoms. The van der Waals surface area contributed by atoms with Gasteiger partial charge in [-0.1, -0.05) is 20.8 Å². The molecule has 0 aliphatic rings. The topological polar surface area (TPSA) is 130 Å². The van der Waals surface area contributed by atoms with Gasteiger partial charge in [-0.15, -0.1) is 0 Å². The Kier molecular flexibility index (Phi) is 5.77. The first-order chi connectivity index (χ1) is 8.04. The summed E-state index contributed by atoms with van der Waals surface area (Å²) in [5, 5.41) is 19.4. The number of nitrogens with two attached hydrogens (primary N) is 1. The lowest BCUT2D eigenvalue weighted by molar-refractivity contribution is -0.147. The first kappa shape index (κ1) is 16.4. The first-order valence-corrected chi connectivity index (χ1v) is 5.53. The molecule has 0 aromatic rings. The second-order valence-electron chi connectivity index (χ2n) is 5.23. The van der Waals surface area contributed by atoms with Crippen LogP contribution in [-0.4, -0.2) is 40.1 Å². The van der Waals surface area contributed by atoms with Crippen molar-refractivity contribution in [3.63, 3.8) is 0 Å². The maximum absolute atomic E-state index is 11.5. The van der Waals surface area contributed by atoms with Gasteiger partial charge in [0.2, 0.25) is 5.91 Å². The van der Waals surface area contributed by atoms with Crippen LogP contribution in [0.15, 0.2) is 0 Å². The van der Waals surface area contributed by atoms with Crippen LogP contribution in [0.1, 0.15) is 33.6 Å². The summed E-state index contributed by atoms with van der Waals surface area (Å²) in [7, 11) is 0. The highest BCUT2D eigenvalue weighted by molar-refractivity contribution is 5.87. The van der Waals surface area contributed by atoms with Crippen LogP contribution in [0.5, 0.6) is 0 Å². The Bertz CT molecular complexity index is 335. The van der Waals surface area contributed by atoms with Gasteiger partial charge in [-0.05, 0) is 5.41 Å². The quantitative estimate of drug-likeness (QED) is 0.523. The Balaban J connectivity index is 4.44. The minimum Gasteiger partial charge on any atom is -0.481 e. The molecule has 0 aromatic heterocycles. The molecule has 0 heterocycles. The van der Waals surface area contributed by atoms with Gasteiger partial charge in [-0.3, -0.25) is 9.59 Å². The third kappa shape index (κ3) is 6.19. The summed E-state index contributed by atoms with van der Waals surface area (Å²) in [5.74, 6) is -3.23. The van der Waals surface area contributed by atoms with Gasteiger partial charge >= 0.3 is 11.9 Å². The maximum Gasteiger partial charge on any atom is 0.326 e. The van der Waals surface area contributed by atoms with Crippen LogP contribution in [0.25, 0.3) is 0 Å². The lowest BCUT2D eigenvalue weighted by atomic mass is 9.85. The highest BCUT2D eigenvalue weighted by Crippen LogP contribution is 2.19. The molecule has 2 atom stereocenters. The van der Waals surface area contributed by atoms with E-state index in [1.807, 2.05) is 20.8 Å². The van der Waals surface area contributed by atoms with Crippen molar-refractivity contribution in [1.29, 1.82) is 0 Å². The molecule has 0 saturated carbocycles. The van der Waals surface area contributed by atoms with E-state index >= 15 is 0 Å². The fourth-order valence-corrected chi connectivity index (χ4v) is 1.13. The average Bonchev–Trinajstić information content (AvgIpc) is 2.13. The van der Waals surface area contributed by atoms with Crippen LogP contribution in [0.4, 0.5) is 0 Å². The summed E-state index contributed by atoms with van der Waals surface area (Å²) in [6.45, 7) is 5.57. The Morgan fingerprint density at radius 3 is 2.00 bits per heavy atom. The zero-order valence-electron chi connectivity index (χ0n) is 10.8. The maximum atomic E-state index is 11.5. The Labute approximate surface area is 105 Å². The molecule has 5 N–H and O–H groups in total. The minimum atomic E-state index is -1.43. The molecule has 0 aromatic carbocycles. The number of carboxylic acid groups (broad SMARTS) is 2. The van der Waals surface area contributed by atoms with Gasteiger partial charge in [-0.2, -0.15) is 0 Å². The van der Waals surface area contributed by atoms with Gasteiger partial charge in [0, 0.05) is 12.5 Å². The lowest BCUT2D eigenvalue weighted by Gasteiger charge is -2.26. The molecule has 0 rings (SSSR count). The van der Waals surface area contributed by atoms with Crippen molar-refractivity contribution in [2.45, 2.75) is 45.7 Å². The number of carbonyl (C=O) groups is 3. The summed E-state index contributed by atoms with van der Waals surface area (Å²) in [6, 6.07) is -1.86. The Morgan fingerprint density at radius 1 is 1.17 bits per heavy atom. The standard InChI is InChI=1S/C11H20N2O5/c1-11(2,3)7(12)5-8(14)13-6(10(17)18)4-9(15)16/h6-7H,4-5,12H2,1-3H3,(H,13,14)(H,15,16)(H,17,18). The molecule has 0 spiro atoms. The van der Waals surface area contributed by atoms with Crippen LogP contribution >= 0.6 is 0 Å². The highest BCUT2D eigenvalue weighted by Gasteiger charge is 2.27. The molecule has 18 heavy (non-hydrogen) atoms. The van der Waals surface area contributed by atoms with E-state index < -0.39 is 36.4 Å². The van der Waals surface area contributed by atoms with Crippen molar-refractivity contribution >= 4 is 17.8 Å². The fourth-order valence-electron chi connectivity index (χ4n) is 1.13. The lowest BCUT2D eigenvalue weighted by Crippen LogP contribution is -2.46. The third-order valence-corrected chi connectivity index (χ3v) is 2.53. The van der Waals surface area contributed by atoms with Crippen LogP contribution < -0.4 is 11.1 Å². The van der Waals surface area contributed by atoms with Crippen LogP contribution in [0.3, 0.4) is 0 Å². The van der Waals surface area contributed by atoms with E-state index in [0.29, 0.717) is 0 Å². The van der Waals surface area contributed by atoms with E-state index in [1.54, 1.807) is 0 Å². The van der Waals surface area contributed by atoms with Gasteiger partial charge in [-0.25, -0.2) is 4.79 Å². The number of carboxylic acids is 2. The van der Waals surface area contributed by atoms with Crippen LogP contribution in [-0.2, 0) is 14.4 Å². The second kappa shape index (κ2) is 6.34. The fraction of sp³-hybridized carbons (Fsp3) is 0.727. The second-order valence-corrected chi connectivity index (χ2v) is 5.23. The number of rotatable bonds is 6. The average molecular weight is 260 g/mol.